The highest BCUT2D eigenvalue weighted by molar-refractivity contribution is 5.15. The second-order valence-electron chi connectivity index (χ2n) is 7.24. The molecule has 140 valence electrons. The van der Waals surface area contributed by atoms with Crippen LogP contribution in [0.5, 0.6) is 0 Å². The van der Waals surface area contributed by atoms with Gasteiger partial charge in [0.15, 0.2) is 6.29 Å². The van der Waals surface area contributed by atoms with Crippen molar-refractivity contribution in [1.82, 2.24) is 0 Å². The summed E-state index contributed by atoms with van der Waals surface area (Å²) in [5, 5.41) is 0. The molecule has 3 heteroatoms. The van der Waals surface area contributed by atoms with Crippen LogP contribution < -0.4 is 0 Å². The molecule has 26 heavy (non-hydrogen) atoms. The monoisotopic (exact) mass is 354 g/mol. The van der Waals surface area contributed by atoms with Gasteiger partial charge in [0, 0.05) is 20.1 Å². The van der Waals surface area contributed by atoms with Gasteiger partial charge in [0.05, 0.1) is 12.7 Å². The van der Waals surface area contributed by atoms with E-state index in [1.165, 1.54) is 11.1 Å². The van der Waals surface area contributed by atoms with Crippen molar-refractivity contribution in [3.63, 3.8) is 0 Å². The molecule has 1 aliphatic heterocycles. The minimum Gasteiger partial charge on any atom is -0.376 e. The van der Waals surface area contributed by atoms with Crippen molar-refractivity contribution < 1.29 is 14.2 Å². The van der Waals surface area contributed by atoms with Crippen molar-refractivity contribution in [3.05, 3.63) is 71.8 Å². The minimum atomic E-state index is -0.0858. The quantitative estimate of drug-likeness (QED) is 0.644. The normalized spacial score (nSPS) is 23.8. The van der Waals surface area contributed by atoms with Gasteiger partial charge in [-0.2, -0.15) is 0 Å². The molecule has 1 fully saturated rings. The molecule has 0 bridgehead atoms. The van der Waals surface area contributed by atoms with Gasteiger partial charge in [0.2, 0.25) is 0 Å². The maximum atomic E-state index is 6.15. The van der Waals surface area contributed by atoms with E-state index in [1.807, 2.05) is 6.07 Å². The summed E-state index contributed by atoms with van der Waals surface area (Å²) in [4.78, 5) is 0. The lowest BCUT2D eigenvalue weighted by molar-refractivity contribution is -0.118. The van der Waals surface area contributed by atoms with Gasteiger partial charge in [-0.25, -0.2) is 0 Å². The SMILES string of the molecule is CO[C@@H]1C[C@H]([C@@H](C)COCc2ccccc2)[C@H](CCc2ccccc2)O1. The van der Waals surface area contributed by atoms with Gasteiger partial charge in [-0.05, 0) is 35.8 Å². The number of aryl methyl sites for hydroxylation is 1. The Morgan fingerprint density at radius 3 is 2.31 bits per heavy atom. The van der Waals surface area contributed by atoms with Crippen molar-refractivity contribution in [2.24, 2.45) is 11.8 Å². The fraction of sp³-hybridized carbons (Fsp3) is 0.478. The summed E-state index contributed by atoms with van der Waals surface area (Å²) in [7, 11) is 1.73. The molecule has 0 unspecified atom stereocenters. The zero-order valence-corrected chi connectivity index (χ0v) is 15.8. The molecule has 4 atom stereocenters. The maximum Gasteiger partial charge on any atom is 0.157 e. The lowest BCUT2D eigenvalue weighted by Crippen LogP contribution is -2.26. The molecule has 1 heterocycles. The second-order valence-corrected chi connectivity index (χ2v) is 7.24. The highest BCUT2D eigenvalue weighted by Crippen LogP contribution is 2.35. The average molecular weight is 354 g/mol. The van der Waals surface area contributed by atoms with Crippen LogP contribution in [0.3, 0.4) is 0 Å². The van der Waals surface area contributed by atoms with Crippen molar-refractivity contribution in [1.29, 1.82) is 0 Å². The molecule has 0 aliphatic carbocycles. The van der Waals surface area contributed by atoms with Gasteiger partial charge in [-0.15, -0.1) is 0 Å². The fourth-order valence-corrected chi connectivity index (χ4v) is 3.77. The van der Waals surface area contributed by atoms with Crippen LogP contribution in [0.1, 0.15) is 30.9 Å². The number of rotatable bonds is 9. The van der Waals surface area contributed by atoms with Crippen LogP contribution in [-0.4, -0.2) is 26.1 Å². The predicted octanol–water partition coefficient (Wildman–Crippen LogP) is 4.85. The number of ether oxygens (including phenoxy) is 3. The van der Waals surface area contributed by atoms with Gasteiger partial charge < -0.3 is 14.2 Å². The Hall–Kier alpha value is -1.68. The number of benzene rings is 2. The molecule has 0 saturated carbocycles. The molecule has 3 rings (SSSR count). The van der Waals surface area contributed by atoms with Crippen molar-refractivity contribution >= 4 is 0 Å². The molecule has 0 amide bonds. The lowest BCUT2D eigenvalue weighted by Gasteiger charge is -2.24. The summed E-state index contributed by atoms with van der Waals surface area (Å²) in [6, 6.07) is 21.0. The summed E-state index contributed by atoms with van der Waals surface area (Å²) >= 11 is 0. The van der Waals surface area contributed by atoms with E-state index >= 15 is 0 Å². The average Bonchev–Trinajstić information content (AvgIpc) is 3.11. The van der Waals surface area contributed by atoms with Gasteiger partial charge >= 0.3 is 0 Å². The zero-order valence-electron chi connectivity index (χ0n) is 15.8. The predicted molar refractivity (Wildman–Crippen MR) is 104 cm³/mol. The maximum absolute atomic E-state index is 6.15. The molecule has 0 aromatic heterocycles. The molecule has 0 spiro atoms. The Bertz CT molecular complexity index is 628. The number of hydrogen-bond donors (Lipinski definition) is 0. The first-order chi connectivity index (χ1) is 12.8. The summed E-state index contributed by atoms with van der Waals surface area (Å²) in [5.41, 5.74) is 2.58. The fourth-order valence-electron chi connectivity index (χ4n) is 3.77. The summed E-state index contributed by atoms with van der Waals surface area (Å²) in [6.45, 7) is 3.69. The standard InChI is InChI=1S/C23H30O3/c1-18(16-25-17-20-11-7-4-8-12-20)21-15-23(24-2)26-22(21)14-13-19-9-5-3-6-10-19/h3-12,18,21-23H,13-17H2,1-2H3/t18-,21+,22-,23-/m0/s1. The first-order valence-electron chi connectivity index (χ1n) is 9.60. The summed E-state index contributed by atoms with van der Waals surface area (Å²) in [6.07, 6.45) is 3.16. The molecular weight excluding hydrogens is 324 g/mol. The number of hydrogen-bond acceptors (Lipinski definition) is 3. The molecule has 2 aromatic carbocycles. The van der Waals surface area contributed by atoms with E-state index in [1.54, 1.807) is 7.11 Å². The molecule has 0 radical (unpaired) electrons. The van der Waals surface area contributed by atoms with E-state index in [9.17, 15) is 0 Å². The zero-order chi connectivity index (χ0) is 18.2. The first-order valence-corrected chi connectivity index (χ1v) is 9.60. The lowest BCUT2D eigenvalue weighted by atomic mass is 9.86. The van der Waals surface area contributed by atoms with Crippen LogP contribution in [0.15, 0.2) is 60.7 Å². The van der Waals surface area contributed by atoms with Gasteiger partial charge in [0.25, 0.3) is 0 Å². The van der Waals surface area contributed by atoms with Crippen LogP contribution in [-0.2, 0) is 27.2 Å². The van der Waals surface area contributed by atoms with Crippen LogP contribution in [0.2, 0.25) is 0 Å². The summed E-state index contributed by atoms with van der Waals surface area (Å²) in [5.74, 6) is 0.916. The molecule has 1 aliphatic rings. The highest BCUT2D eigenvalue weighted by Gasteiger charge is 2.38. The van der Waals surface area contributed by atoms with E-state index < -0.39 is 0 Å². The van der Waals surface area contributed by atoms with Crippen LogP contribution in [0.25, 0.3) is 0 Å². The summed E-state index contributed by atoms with van der Waals surface area (Å²) < 4.78 is 17.6. The van der Waals surface area contributed by atoms with E-state index in [0.717, 1.165) is 25.9 Å². The van der Waals surface area contributed by atoms with E-state index in [4.69, 9.17) is 14.2 Å². The second kappa shape index (κ2) is 9.86. The third kappa shape index (κ3) is 5.41. The van der Waals surface area contributed by atoms with Gasteiger partial charge in [-0.1, -0.05) is 67.6 Å². The Balaban J connectivity index is 1.51. The number of methoxy groups -OCH3 is 1. The Morgan fingerprint density at radius 1 is 1.00 bits per heavy atom. The van der Waals surface area contributed by atoms with Gasteiger partial charge in [-0.3, -0.25) is 0 Å². The van der Waals surface area contributed by atoms with Crippen LogP contribution in [0.4, 0.5) is 0 Å². The van der Waals surface area contributed by atoms with E-state index in [0.29, 0.717) is 18.4 Å². The third-order valence-corrected chi connectivity index (χ3v) is 5.32. The molecule has 0 N–H and O–H groups in total. The highest BCUT2D eigenvalue weighted by atomic mass is 16.7. The third-order valence-electron chi connectivity index (χ3n) is 5.32. The molecule has 1 saturated heterocycles. The van der Waals surface area contributed by atoms with Crippen molar-refractivity contribution in [2.75, 3.05) is 13.7 Å². The Labute approximate surface area is 157 Å². The van der Waals surface area contributed by atoms with Crippen molar-refractivity contribution in [2.45, 2.75) is 45.2 Å². The van der Waals surface area contributed by atoms with Gasteiger partial charge in [0.1, 0.15) is 0 Å². The molecular formula is C23H30O3. The van der Waals surface area contributed by atoms with Crippen molar-refractivity contribution in [3.8, 4) is 0 Å². The topological polar surface area (TPSA) is 27.7 Å². The van der Waals surface area contributed by atoms with Crippen LogP contribution >= 0.6 is 0 Å². The Morgan fingerprint density at radius 2 is 1.65 bits per heavy atom. The minimum absolute atomic E-state index is 0.0858. The van der Waals surface area contributed by atoms with E-state index in [-0.39, 0.29) is 12.4 Å². The van der Waals surface area contributed by atoms with E-state index in [2.05, 4.69) is 61.5 Å². The Kier molecular flexibility index (Phi) is 7.24. The largest absolute Gasteiger partial charge is 0.376 e. The molecule has 3 nitrogen and oxygen atoms in total. The smallest absolute Gasteiger partial charge is 0.157 e. The van der Waals surface area contributed by atoms with Crippen LogP contribution in [0, 0.1) is 11.8 Å². The first kappa shape index (κ1) is 19.1. The molecule has 2 aromatic rings.